The molecule has 18 heavy (non-hydrogen) atoms. The Morgan fingerprint density at radius 3 is 2.56 bits per heavy atom. The lowest BCUT2D eigenvalue weighted by Crippen LogP contribution is -2.43. The average molecular weight is 249 g/mol. The molecule has 4 heteroatoms. The molecule has 0 aromatic rings. The van der Waals surface area contributed by atoms with Crippen LogP contribution in [0.15, 0.2) is 11.3 Å². The molecule has 1 aliphatic heterocycles. The van der Waals surface area contributed by atoms with E-state index in [0.29, 0.717) is 12.1 Å². The Bertz CT molecular complexity index is 379. The van der Waals surface area contributed by atoms with E-state index in [1.165, 1.54) is 6.21 Å². The molecule has 1 spiro atoms. The molecule has 0 atom stereocenters. The Labute approximate surface area is 109 Å². The maximum atomic E-state index is 12.3. The van der Waals surface area contributed by atoms with E-state index in [2.05, 4.69) is 10.6 Å². The van der Waals surface area contributed by atoms with Gasteiger partial charge in [0.2, 0.25) is 0 Å². The van der Waals surface area contributed by atoms with Gasteiger partial charge < -0.3 is 16.0 Å². The summed E-state index contributed by atoms with van der Waals surface area (Å²) in [5.41, 5.74) is 1.68. The van der Waals surface area contributed by atoms with E-state index in [9.17, 15) is 4.79 Å². The zero-order valence-corrected chi connectivity index (χ0v) is 11.3. The summed E-state index contributed by atoms with van der Waals surface area (Å²) in [4.78, 5) is 12.3. The van der Waals surface area contributed by atoms with Gasteiger partial charge in [0.25, 0.3) is 0 Å². The molecule has 2 aliphatic rings. The number of carbonyl (C=O) groups is 1. The summed E-state index contributed by atoms with van der Waals surface area (Å²) in [5.74, 6) is 0.190. The van der Waals surface area contributed by atoms with Crippen LogP contribution >= 0.6 is 0 Å². The third-order valence-corrected chi connectivity index (χ3v) is 3.97. The summed E-state index contributed by atoms with van der Waals surface area (Å²) in [6.07, 6.45) is 4.97. The van der Waals surface area contributed by atoms with Crippen molar-refractivity contribution < 1.29 is 4.79 Å². The maximum absolute atomic E-state index is 12.3. The number of hydrogen-bond acceptors (Lipinski definition) is 4. The van der Waals surface area contributed by atoms with Crippen molar-refractivity contribution in [2.75, 3.05) is 13.1 Å². The van der Waals surface area contributed by atoms with Crippen LogP contribution in [0.4, 0.5) is 0 Å². The zero-order chi connectivity index (χ0) is 13.2. The fraction of sp³-hybridized carbons (Fsp3) is 0.714. The summed E-state index contributed by atoms with van der Waals surface area (Å²) >= 11 is 0. The second-order valence-electron chi connectivity index (χ2n) is 5.87. The molecule has 0 radical (unpaired) electrons. The first-order valence-corrected chi connectivity index (χ1v) is 6.80. The third-order valence-electron chi connectivity index (χ3n) is 3.97. The van der Waals surface area contributed by atoms with E-state index < -0.39 is 0 Å². The molecular weight excluding hydrogens is 226 g/mol. The topological polar surface area (TPSA) is 65.0 Å². The predicted molar refractivity (Wildman–Crippen MR) is 72.9 cm³/mol. The quantitative estimate of drug-likeness (QED) is 0.666. The van der Waals surface area contributed by atoms with Crippen molar-refractivity contribution in [2.24, 2.45) is 5.41 Å². The van der Waals surface area contributed by atoms with Gasteiger partial charge in [-0.15, -0.1) is 0 Å². The molecular formula is C14H23N3O. The standard InChI is InChI=1S/C14H23N3O/c1-10(2)17-13-11(9-15)7-14(8-12(13)18)3-5-16-6-4-14/h9-10,15-17H,3-8H2,1-2H3. The number of allylic oxidation sites excluding steroid dienone is 2. The van der Waals surface area contributed by atoms with Crippen molar-refractivity contribution in [1.29, 1.82) is 5.41 Å². The summed E-state index contributed by atoms with van der Waals surface area (Å²) in [5, 5.41) is 14.1. The normalized spacial score (nSPS) is 23.6. The minimum absolute atomic E-state index is 0.109. The van der Waals surface area contributed by atoms with E-state index >= 15 is 0 Å². The molecule has 0 unspecified atom stereocenters. The van der Waals surface area contributed by atoms with Crippen LogP contribution in [0.3, 0.4) is 0 Å². The van der Waals surface area contributed by atoms with Gasteiger partial charge in [-0.25, -0.2) is 0 Å². The van der Waals surface area contributed by atoms with E-state index in [4.69, 9.17) is 5.41 Å². The highest BCUT2D eigenvalue weighted by Gasteiger charge is 2.40. The summed E-state index contributed by atoms with van der Waals surface area (Å²) < 4.78 is 0. The molecule has 1 aliphatic carbocycles. The summed E-state index contributed by atoms with van der Waals surface area (Å²) in [6.45, 7) is 6.03. The van der Waals surface area contributed by atoms with Crippen LogP contribution in [0.1, 0.15) is 39.5 Å². The van der Waals surface area contributed by atoms with Gasteiger partial charge in [0.1, 0.15) is 0 Å². The van der Waals surface area contributed by atoms with Crippen molar-refractivity contribution in [2.45, 2.75) is 45.6 Å². The van der Waals surface area contributed by atoms with Crippen molar-refractivity contribution in [1.82, 2.24) is 10.6 Å². The number of ketones is 1. The first kappa shape index (κ1) is 13.3. The molecule has 0 amide bonds. The predicted octanol–water partition coefficient (Wildman–Crippen LogP) is 1.62. The number of hydrogen-bond donors (Lipinski definition) is 3. The smallest absolute Gasteiger partial charge is 0.179 e. The Balaban J connectivity index is 2.24. The SMILES string of the molecule is CC(C)NC1=C(C=N)CC2(CCNCC2)CC1=O. The summed E-state index contributed by atoms with van der Waals surface area (Å²) in [7, 11) is 0. The van der Waals surface area contributed by atoms with E-state index in [0.717, 1.165) is 37.9 Å². The lowest BCUT2D eigenvalue weighted by molar-refractivity contribution is -0.119. The largest absolute Gasteiger partial charge is 0.380 e. The fourth-order valence-corrected chi connectivity index (χ4v) is 3.06. The highest BCUT2D eigenvalue weighted by Crippen LogP contribution is 2.43. The second kappa shape index (κ2) is 5.22. The first-order valence-electron chi connectivity index (χ1n) is 6.80. The molecule has 2 rings (SSSR count). The van der Waals surface area contributed by atoms with Gasteiger partial charge in [-0.05, 0) is 57.2 Å². The molecule has 4 nitrogen and oxygen atoms in total. The van der Waals surface area contributed by atoms with Gasteiger partial charge in [0.15, 0.2) is 5.78 Å². The monoisotopic (exact) mass is 249 g/mol. The van der Waals surface area contributed by atoms with Gasteiger partial charge in [0.05, 0.1) is 5.70 Å². The lowest BCUT2D eigenvalue weighted by Gasteiger charge is -2.41. The molecule has 3 N–H and O–H groups in total. The lowest BCUT2D eigenvalue weighted by atomic mass is 9.67. The Kier molecular flexibility index (Phi) is 3.85. The summed E-state index contributed by atoms with van der Waals surface area (Å²) in [6, 6.07) is 0.237. The molecule has 100 valence electrons. The molecule has 1 fully saturated rings. The van der Waals surface area contributed by atoms with Crippen LogP contribution in [-0.4, -0.2) is 31.1 Å². The highest BCUT2D eigenvalue weighted by molar-refractivity contribution is 6.02. The molecule has 1 heterocycles. The van der Waals surface area contributed by atoms with Crippen LogP contribution in [0.25, 0.3) is 0 Å². The number of nitrogens with one attached hydrogen (secondary N) is 3. The van der Waals surface area contributed by atoms with Crippen LogP contribution in [0.5, 0.6) is 0 Å². The number of piperidine rings is 1. The van der Waals surface area contributed by atoms with E-state index in [1.807, 2.05) is 13.8 Å². The Morgan fingerprint density at radius 1 is 1.33 bits per heavy atom. The van der Waals surface area contributed by atoms with Gasteiger partial charge >= 0.3 is 0 Å². The Morgan fingerprint density at radius 2 is 2.00 bits per heavy atom. The van der Waals surface area contributed by atoms with Crippen molar-refractivity contribution in [3.05, 3.63) is 11.3 Å². The zero-order valence-electron chi connectivity index (χ0n) is 11.3. The molecule has 0 aromatic carbocycles. The maximum Gasteiger partial charge on any atom is 0.179 e. The fourth-order valence-electron chi connectivity index (χ4n) is 3.06. The number of Topliss-reactive ketones (excluding diaryl/α,β-unsaturated/α-hetero) is 1. The number of rotatable bonds is 3. The molecule has 0 bridgehead atoms. The third kappa shape index (κ3) is 2.64. The van der Waals surface area contributed by atoms with Crippen LogP contribution in [0, 0.1) is 10.8 Å². The molecule has 0 saturated carbocycles. The van der Waals surface area contributed by atoms with Gasteiger partial charge in [-0.3, -0.25) is 4.79 Å². The van der Waals surface area contributed by atoms with Crippen molar-refractivity contribution in [3.8, 4) is 0 Å². The van der Waals surface area contributed by atoms with E-state index in [1.54, 1.807) is 0 Å². The minimum atomic E-state index is 0.109. The second-order valence-corrected chi connectivity index (χ2v) is 5.87. The minimum Gasteiger partial charge on any atom is -0.380 e. The van der Waals surface area contributed by atoms with Gasteiger partial charge in [-0.1, -0.05) is 0 Å². The highest BCUT2D eigenvalue weighted by atomic mass is 16.1. The van der Waals surface area contributed by atoms with Crippen LogP contribution < -0.4 is 10.6 Å². The van der Waals surface area contributed by atoms with Crippen molar-refractivity contribution >= 4 is 12.0 Å². The molecule has 0 aromatic heterocycles. The Hall–Kier alpha value is -1.16. The van der Waals surface area contributed by atoms with Gasteiger partial charge in [0, 0.05) is 18.7 Å². The number of carbonyl (C=O) groups excluding carboxylic acids is 1. The van der Waals surface area contributed by atoms with E-state index in [-0.39, 0.29) is 17.2 Å². The first-order chi connectivity index (χ1) is 8.56. The van der Waals surface area contributed by atoms with Crippen LogP contribution in [0.2, 0.25) is 0 Å². The van der Waals surface area contributed by atoms with Gasteiger partial charge in [-0.2, -0.15) is 0 Å². The van der Waals surface area contributed by atoms with Crippen molar-refractivity contribution in [3.63, 3.8) is 0 Å². The molecule has 1 saturated heterocycles. The average Bonchev–Trinajstić information content (AvgIpc) is 2.33. The van der Waals surface area contributed by atoms with Crippen LogP contribution in [-0.2, 0) is 4.79 Å².